The molecular formula is C25H29N3O5S. The van der Waals surface area contributed by atoms with Crippen LogP contribution < -0.4 is 15.5 Å². The fourth-order valence-electron chi connectivity index (χ4n) is 3.23. The van der Waals surface area contributed by atoms with Gasteiger partial charge in [-0.05, 0) is 30.5 Å². The molecule has 34 heavy (non-hydrogen) atoms. The zero-order valence-corrected chi connectivity index (χ0v) is 20.2. The van der Waals surface area contributed by atoms with Crippen molar-refractivity contribution in [2.45, 2.75) is 38.1 Å². The van der Waals surface area contributed by atoms with Crippen molar-refractivity contribution in [3.05, 3.63) is 72.3 Å². The van der Waals surface area contributed by atoms with Crippen LogP contribution in [0.25, 0.3) is 10.8 Å². The number of hydroxylamine groups is 1. The van der Waals surface area contributed by atoms with Gasteiger partial charge in [-0.3, -0.25) is 9.59 Å². The predicted molar refractivity (Wildman–Crippen MR) is 131 cm³/mol. The van der Waals surface area contributed by atoms with Crippen LogP contribution in [0.4, 0.5) is 5.69 Å². The quantitative estimate of drug-likeness (QED) is 0.381. The number of sulfonamides is 1. The Labute approximate surface area is 199 Å². The lowest BCUT2D eigenvalue weighted by Gasteiger charge is -2.16. The molecule has 3 N–H and O–H groups in total. The molecule has 0 fully saturated rings. The number of benzene rings is 3. The van der Waals surface area contributed by atoms with Gasteiger partial charge in [-0.2, -0.15) is 0 Å². The lowest BCUT2D eigenvalue weighted by atomic mass is 10.1. The van der Waals surface area contributed by atoms with E-state index < -0.39 is 27.9 Å². The second kappa shape index (κ2) is 11.2. The topological polar surface area (TPSA) is 114 Å². The Bertz CT molecular complexity index is 1260. The zero-order chi connectivity index (χ0) is 24.7. The van der Waals surface area contributed by atoms with Gasteiger partial charge in [0.25, 0.3) is 0 Å². The summed E-state index contributed by atoms with van der Waals surface area (Å²) >= 11 is 0. The van der Waals surface area contributed by atoms with Crippen molar-refractivity contribution in [1.29, 1.82) is 0 Å². The summed E-state index contributed by atoms with van der Waals surface area (Å²) in [6.45, 7) is 5.73. The minimum absolute atomic E-state index is 0.0770. The number of hydrogen-bond acceptors (Lipinski definition) is 6. The highest BCUT2D eigenvalue weighted by Crippen LogP contribution is 2.29. The van der Waals surface area contributed by atoms with Crippen LogP contribution in [0, 0.1) is 5.92 Å². The normalized spacial score (nSPS) is 12.5. The number of hydrogen-bond donors (Lipinski definition) is 3. The third-order valence-corrected chi connectivity index (χ3v) is 6.53. The first kappa shape index (κ1) is 25.4. The van der Waals surface area contributed by atoms with Crippen molar-refractivity contribution >= 4 is 38.4 Å². The number of anilines is 1. The van der Waals surface area contributed by atoms with Gasteiger partial charge in [0, 0.05) is 23.0 Å². The molecule has 0 saturated heterocycles. The molecule has 0 spiro atoms. The Balaban J connectivity index is 1.69. The van der Waals surface area contributed by atoms with Crippen molar-refractivity contribution in [1.82, 2.24) is 10.2 Å². The summed E-state index contributed by atoms with van der Waals surface area (Å²) in [5.74, 6) is -0.790. The van der Waals surface area contributed by atoms with Crippen molar-refractivity contribution < 1.29 is 22.8 Å². The maximum Gasteiger partial charge on any atom is 0.329 e. The summed E-state index contributed by atoms with van der Waals surface area (Å²) in [6, 6.07) is 18.3. The molecule has 0 aromatic heterocycles. The second-order valence-corrected chi connectivity index (χ2v) is 10.1. The molecule has 1 amide bonds. The van der Waals surface area contributed by atoms with Crippen LogP contribution in [-0.4, -0.2) is 32.9 Å². The van der Waals surface area contributed by atoms with E-state index in [4.69, 9.17) is 4.84 Å². The van der Waals surface area contributed by atoms with Crippen LogP contribution in [0.2, 0.25) is 0 Å². The lowest BCUT2D eigenvalue weighted by molar-refractivity contribution is -0.152. The van der Waals surface area contributed by atoms with Crippen LogP contribution in [0.3, 0.4) is 0 Å². The monoisotopic (exact) mass is 483 g/mol. The highest BCUT2D eigenvalue weighted by molar-refractivity contribution is 7.89. The van der Waals surface area contributed by atoms with E-state index in [-0.39, 0.29) is 17.2 Å². The standard InChI is InChI=1S/C25H29N3O5S/c1-17(2)16-26-34(31,32)23-14-8-11-20-21(23)12-7-13-22(20)27-25(30)18(3)28-33-24(29)15-19-9-5-4-6-10-19/h4-14,17-18,26,28H,15-16H2,1-3H3,(H,27,30)/t18-/m0/s1. The molecule has 8 nitrogen and oxygen atoms in total. The first-order valence-corrected chi connectivity index (χ1v) is 12.5. The van der Waals surface area contributed by atoms with Gasteiger partial charge in [0.2, 0.25) is 15.9 Å². The molecule has 0 saturated carbocycles. The largest absolute Gasteiger partial charge is 0.370 e. The van der Waals surface area contributed by atoms with Gasteiger partial charge in [-0.15, -0.1) is 5.48 Å². The third kappa shape index (κ3) is 6.63. The molecule has 3 aromatic rings. The van der Waals surface area contributed by atoms with E-state index in [9.17, 15) is 18.0 Å². The number of carbonyl (C=O) groups excluding carboxylic acids is 2. The minimum atomic E-state index is -3.72. The van der Waals surface area contributed by atoms with E-state index in [1.165, 1.54) is 6.07 Å². The molecule has 1 atom stereocenters. The van der Waals surface area contributed by atoms with E-state index in [2.05, 4.69) is 15.5 Å². The molecular weight excluding hydrogens is 454 g/mol. The maximum atomic E-state index is 12.8. The SMILES string of the molecule is CC(C)CNS(=O)(=O)c1cccc2c(NC(=O)[C@H](C)NOC(=O)Cc3ccccc3)cccc12. The van der Waals surface area contributed by atoms with Gasteiger partial charge in [-0.1, -0.05) is 68.4 Å². The number of fused-ring (bicyclic) bond motifs is 1. The highest BCUT2D eigenvalue weighted by atomic mass is 32.2. The second-order valence-electron chi connectivity index (χ2n) is 8.37. The van der Waals surface area contributed by atoms with E-state index in [0.29, 0.717) is 23.0 Å². The highest BCUT2D eigenvalue weighted by Gasteiger charge is 2.20. The average Bonchev–Trinajstić information content (AvgIpc) is 2.81. The van der Waals surface area contributed by atoms with Crippen molar-refractivity contribution in [2.24, 2.45) is 5.92 Å². The van der Waals surface area contributed by atoms with Gasteiger partial charge in [0.05, 0.1) is 11.3 Å². The molecule has 0 aliphatic carbocycles. The first-order chi connectivity index (χ1) is 16.2. The molecule has 180 valence electrons. The molecule has 3 rings (SSSR count). The number of amides is 1. The van der Waals surface area contributed by atoms with Gasteiger partial charge in [0.15, 0.2) is 0 Å². The van der Waals surface area contributed by atoms with Crippen molar-refractivity contribution in [3.8, 4) is 0 Å². The average molecular weight is 484 g/mol. The van der Waals surface area contributed by atoms with Crippen LogP contribution in [0.5, 0.6) is 0 Å². The summed E-state index contributed by atoms with van der Waals surface area (Å²) in [7, 11) is -3.72. The fourth-order valence-corrected chi connectivity index (χ4v) is 4.66. The molecule has 0 aliphatic rings. The van der Waals surface area contributed by atoms with E-state index in [1.54, 1.807) is 37.3 Å². The van der Waals surface area contributed by atoms with Gasteiger partial charge >= 0.3 is 5.97 Å². The van der Waals surface area contributed by atoms with E-state index >= 15 is 0 Å². The Morgan fingerprint density at radius 2 is 1.56 bits per heavy atom. The predicted octanol–water partition coefficient (Wildman–Crippen LogP) is 3.39. The third-order valence-electron chi connectivity index (χ3n) is 5.05. The van der Waals surface area contributed by atoms with Gasteiger partial charge in [-0.25, -0.2) is 13.1 Å². The van der Waals surface area contributed by atoms with Crippen molar-refractivity contribution in [3.63, 3.8) is 0 Å². The molecule has 0 radical (unpaired) electrons. The van der Waals surface area contributed by atoms with Crippen LogP contribution in [-0.2, 0) is 30.9 Å². The Morgan fingerprint density at radius 1 is 0.882 bits per heavy atom. The van der Waals surface area contributed by atoms with Crippen LogP contribution in [0.1, 0.15) is 26.3 Å². The van der Waals surface area contributed by atoms with Crippen molar-refractivity contribution in [2.75, 3.05) is 11.9 Å². The maximum absolute atomic E-state index is 12.8. The van der Waals surface area contributed by atoms with E-state index in [0.717, 1.165) is 5.56 Å². The van der Waals surface area contributed by atoms with Crippen LogP contribution >= 0.6 is 0 Å². The molecule has 0 bridgehead atoms. The fraction of sp³-hybridized carbons (Fsp3) is 0.280. The Kier molecular flexibility index (Phi) is 8.38. The smallest absolute Gasteiger partial charge is 0.329 e. The Hall–Kier alpha value is -3.27. The number of nitrogens with one attached hydrogen (secondary N) is 3. The first-order valence-electron chi connectivity index (χ1n) is 11.0. The summed E-state index contributed by atoms with van der Waals surface area (Å²) in [4.78, 5) is 29.9. The molecule has 0 heterocycles. The minimum Gasteiger partial charge on any atom is -0.370 e. The van der Waals surface area contributed by atoms with Crippen LogP contribution in [0.15, 0.2) is 71.6 Å². The molecule has 9 heteroatoms. The van der Waals surface area contributed by atoms with Gasteiger partial charge in [0.1, 0.15) is 6.04 Å². The summed E-state index contributed by atoms with van der Waals surface area (Å²) in [5.41, 5.74) is 3.72. The molecule has 0 aliphatic heterocycles. The lowest BCUT2D eigenvalue weighted by Crippen LogP contribution is -2.39. The summed E-state index contributed by atoms with van der Waals surface area (Å²) in [6.07, 6.45) is 0.0770. The zero-order valence-electron chi connectivity index (χ0n) is 19.4. The van der Waals surface area contributed by atoms with Gasteiger partial charge < -0.3 is 10.2 Å². The summed E-state index contributed by atoms with van der Waals surface area (Å²) < 4.78 is 28.2. The number of carbonyl (C=O) groups is 2. The van der Waals surface area contributed by atoms with E-state index in [1.807, 2.05) is 44.2 Å². The molecule has 0 unspecified atom stereocenters. The summed E-state index contributed by atoms with van der Waals surface area (Å²) in [5, 5.41) is 3.85. The molecule has 3 aromatic carbocycles. The number of rotatable bonds is 10. The Morgan fingerprint density at radius 3 is 2.26 bits per heavy atom.